The summed E-state index contributed by atoms with van der Waals surface area (Å²) in [4.78, 5) is 23.1. The molecule has 0 aromatic carbocycles. The lowest BCUT2D eigenvalue weighted by Gasteiger charge is -2.05. The molecule has 1 rings (SSSR count). The van der Waals surface area contributed by atoms with Crippen LogP contribution in [-0.2, 0) is 9.53 Å². The summed E-state index contributed by atoms with van der Waals surface area (Å²) in [5, 5.41) is 8.92. The van der Waals surface area contributed by atoms with E-state index < -0.39 is 17.9 Å². The first-order valence-electron chi connectivity index (χ1n) is 4.51. The van der Waals surface area contributed by atoms with Crippen molar-refractivity contribution in [3.05, 3.63) is 21.9 Å². The molecular formula is C10H12O4S. The van der Waals surface area contributed by atoms with Gasteiger partial charge in [-0.25, -0.2) is 4.79 Å². The number of carboxylic acid groups (broad SMARTS) is 1. The van der Waals surface area contributed by atoms with Crippen LogP contribution in [0.15, 0.2) is 12.1 Å². The lowest BCUT2D eigenvalue weighted by Crippen LogP contribution is -2.08. The average Bonchev–Trinajstić information content (AvgIpc) is 2.66. The highest BCUT2D eigenvalue weighted by Gasteiger charge is 2.21. The SMILES string of the molecule is CCC(C(=O)O)c1ccc(C(=O)OC)s1. The number of thiophene rings is 1. The number of esters is 1. The van der Waals surface area contributed by atoms with E-state index in [1.54, 1.807) is 19.1 Å². The lowest BCUT2D eigenvalue weighted by atomic mass is 10.1. The Balaban J connectivity index is 2.92. The van der Waals surface area contributed by atoms with Crippen LogP contribution in [-0.4, -0.2) is 24.2 Å². The van der Waals surface area contributed by atoms with Gasteiger partial charge in [0.1, 0.15) is 4.88 Å². The number of rotatable bonds is 4. The molecule has 0 bridgehead atoms. The third-order valence-corrected chi connectivity index (χ3v) is 3.24. The van der Waals surface area contributed by atoms with Crippen molar-refractivity contribution in [2.75, 3.05) is 7.11 Å². The van der Waals surface area contributed by atoms with Gasteiger partial charge in [-0.1, -0.05) is 6.92 Å². The van der Waals surface area contributed by atoms with Crippen LogP contribution in [0.5, 0.6) is 0 Å². The van der Waals surface area contributed by atoms with Gasteiger partial charge < -0.3 is 9.84 Å². The van der Waals surface area contributed by atoms with Crippen molar-refractivity contribution in [1.29, 1.82) is 0 Å². The van der Waals surface area contributed by atoms with E-state index in [4.69, 9.17) is 5.11 Å². The fraction of sp³-hybridized carbons (Fsp3) is 0.400. The maximum Gasteiger partial charge on any atom is 0.348 e. The minimum Gasteiger partial charge on any atom is -0.481 e. The molecule has 0 aliphatic rings. The van der Waals surface area contributed by atoms with E-state index in [0.29, 0.717) is 16.2 Å². The second-order valence-corrected chi connectivity index (χ2v) is 4.11. The highest BCUT2D eigenvalue weighted by Crippen LogP contribution is 2.27. The maximum absolute atomic E-state index is 11.1. The standard InChI is InChI=1S/C10H12O4S/c1-3-6(9(11)12)7-4-5-8(15-7)10(13)14-2/h4-6H,3H2,1-2H3,(H,11,12). The Bertz CT molecular complexity index is 369. The smallest absolute Gasteiger partial charge is 0.348 e. The molecule has 1 heterocycles. The summed E-state index contributed by atoms with van der Waals surface area (Å²) in [7, 11) is 1.30. The summed E-state index contributed by atoms with van der Waals surface area (Å²) in [6.45, 7) is 1.80. The molecule has 1 aromatic heterocycles. The molecule has 1 aromatic rings. The van der Waals surface area contributed by atoms with E-state index in [1.807, 2.05) is 0 Å². The minimum absolute atomic E-state index is 0.425. The molecular weight excluding hydrogens is 216 g/mol. The van der Waals surface area contributed by atoms with Crippen molar-refractivity contribution in [3.8, 4) is 0 Å². The quantitative estimate of drug-likeness (QED) is 0.802. The fourth-order valence-electron chi connectivity index (χ4n) is 1.25. The largest absolute Gasteiger partial charge is 0.481 e. The zero-order valence-corrected chi connectivity index (χ0v) is 9.34. The van der Waals surface area contributed by atoms with Crippen LogP contribution >= 0.6 is 11.3 Å². The van der Waals surface area contributed by atoms with Crippen molar-refractivity contribution >= 4 is 23.3 Å². The van der Waals surface area contributed by atoms with Crippen LogP contribution in [0.3, 0.4) is 0 Å². The average molecular weight is 228 g/mol. The monoisotopic (exact) mass is 228 g/mol. The molecule has 82 valence electrons. The maximum atomic E-state index is 11.1. The lowest BCUT2D eigenvalue weighted by molar-refractivity contribution is -0.138. The van der Waals surface area contributed by atoms with E-state index in [2.05, 4.69) is 4.74 Å². The molecule has 0 saturated heterocycles. The first kappa shape index (κ1) is 11.7. The van der Waals surface area contributed by atoms with Gasteiger partial charge in [-0.15, -0.1) is 11.3 Å². The second-order valence-electron chi connectivity index (χ2n) is 2.99. The first-order chi connectivity index (χ1) is 7.10. The van der Waals surface area contributed by atoms with Gasteiger partial charge in [0.25, 0.3) is 0 Å². The number of carbonyl (C=O) groups excluding carboxylic acids is 1. The summed E-state index contributed by atoms with van der Waals surface area (Å²) < 4.78 is 4.55. The van der Waals surface area contributed by atoms with E-state index in [-0.39, 0.29) is 0 Å². The summed E-state index contributed by atoms with van der Waals surface area (Å²) >= 11 is 1.17. The van der Waals surface area contributed by atoms with Gasteiger partial charge in [0, 0.05) is 4.88 Å². The van der Waals surface area contributed by atoms with Gasteiger partial charge in [-0.3, -0.25) is 4.79 Å². The molecule has 0 aliphatic carbocycles. The molecule has 1 atom stereocenters. The molecule has 5 heteroatoms. The van der Waals surface area contributed by atoms with Crippen LogP contribution in [0, 0.1) is 0 Å². The number of carboxylic acids is 1. The number of hydrogen-bond acceptors (Lipinski definition) is 4. The predicted molar refractivity (Wildman–Crippen MR) is 56.3 cm³/mol. The zero-order valence-electron chi connectivity index (χ0n) is 8.52. The van der Waals surface area contributed by atoms with Crippen molar-refractivity contribution < 1.29 is 19.4 Å². The van der Waals surface area contributed by atoms with Gasteiger partial charge >= 0.3 is 11.9 Å². The van der Waals surface area contributed by atoms with Gasteiger partial charge in [0.05, 0.1) is 13.0 Å². The van der Waals surface area contributed by atoms with Gasteiger partial charge in [0.15, 0.2) is 0 Å². The minimum atomic E-state index is -0.865. The summed E-state index contributed by atoms with van der Waals surface area (Å²) in [5.41, 5.74) is 0. The Morgan fingerprint density at radius 2 is 2.20 bits per heavy atom. The van der Waals surface area contributed by atoms with Gasteiger partial charge in [-0.2, -0.15) is 0 Å². The predicted octanol–water partition coefficient (Wildman–Crippen LogP) is 2.11. The Hall–Kier alpha value is -1.36. The zero-order chi connectivity index (χ0) is 11.4. The van der Waals surface area contributed by atoms with Crippen LogP contribution in [0.1, 0.15) is 33.8 Å². The molecule has 0 aliphatic heterocycles. The van der Waals surface area contributed by atoms with E-state index in [1.165, 1.54) is 18.4 Å². The Labute approximate surface area is 91.5 Å². The van der Waals surface area contributed by atoms with E-state index >= 15 is 0 Å². The summed E-state index contributed by atoms with van der Waals surface area (Å²) in [5.74, 6) is -1.82. The van der Waals surface area contributed by atoms with Crippen LogP contribution < -0.4 is 0 Å². The molecule has 0 fully saturated rings. The summed E-state index contributed by atoms with van der Waals surface area (Å²) in [6.07, 6.45) is 0.510. The van der Waals surface area contributed by atoms with E-state index in [9.17, 15) is 9.59 Å². The van der Waals surface area contributed by atoms with Crippen molar-refractivity contribution in [3.63, 3.8) is 0 Å². The summed E-state index contributed by atoms with van der Waals surface area (Å²) in [6, 6.07) is 3.26. The molecule has 0 spiro atoms. The number of carbonyl (C=O) groups is 2. The molecule has 0 amide bonds. The third kappa shape index (κ3) is 2.56. The Morgan fingerprint density at radius 3 is 2.67 bits per heavy atom. The number of hydrogen-bond donors (Lipinski definition) is 1. The van der Waals surface area contributed by atoms with E-state index in [0.717, 1.165) is 0 Å². The molecule has 1 unspecified atom stereocenters. The Morgan fingerprint density at radius 1 is 1.53 bits per heavy atom. The normalized spacial score (nSPS) is 12.1. The highest BCUT2D eigenvalue weighted by atomic mass is 32.1. The second kappa shape index (κ2) is 4.93. The molecule has 1 N–H and O–H groups in total. The number of methoxy groups -OCH3 is 1. The van der Waals surface area contributed by atoms with Crippen LogP contribution in [0.4, 0.5) is 0 Å². The number of aliphatic carboxylic acids is 1. The first-order valence-corrected chi connectivity index (χ1v) is 5.32. The topological polar surface area (TPSA) is 63.6 Å². The number of ether oxygens (including phenoxy) is 1. The van der Waals surface area contributed by atoms with Gasteiger partial charge in [-0.05, 0) is 18.6 Å². The van der Waals surface area contributed by atoms with Crippen LogP contribution in [0.25, 0.3) is 0 Å². The Kier molecular flexibility index (Phi) is 3.85. The molecule has 4 nitrogen and oxygen atoms in total. The molecule has 0 radical (unpaired) electrons. The van der Waals surface area contributed by atoms with Crippen molar-refractivity contribution in [2.45, 2.75) is 19.3 Å². The van der Waals surface area contributed by atoms with Crippen molar-refractivity contribution in [1.82, 2.24) is 0 Å². The molecule has 0 saturated carbocycles. The molecule has 15 heavy (non-hydrogen) atoms. The van der Waals surface area contributed by atoms with Crippen LogP contribution in [0.2, 0.25) is 0 Å². The van der Waals surface area contributed by atoms with Crippen molar-refractivity contribution in [2.24, 2.45) is 0 Å². The third-order valence-electron chi connectivity index (χ3n) is 2.06. The fourth-order valence-corrected chi connectivity index (χ4v) is 2.35. The van der Waals surface area contributed by atoms with Gasteiger partial charge in [0.2, 0.25) is 0 Å². The highest BCUT2D eigenvalue weighted by molar-refractivity contribution is 7.14.